The van der Waals surface area contributed by atoms with Crippen LogP contribution in [0.2, 0.25) is 0 Å². The summed E-state index contributed by atoms with van der Waals surface area (Å²) in [6, 6.07) is 3.67. The van der Waals surface area contributed by atoms with E-state index in [0.717, 1.165) is 38.2 Å². The second-order valence-electron chi connectivity index (χ2n) is 4.84. The van der Waals surface area contributed by atoms with Gasteiger partial charge in [0.1, 0.15) is 10.7 Å². The number of benzene rings is 1. The molecular formula is C15H20F3NOS. The van der Waals surface area contributed by atoms with Gasteiger partial charge in [0.25, 0.3) is 0 Å². The third kappa shape index (κ3) is 5.91. The molecule has 21 heavy (non-hydrogen) atoms. The van der Waals surface area contributed by atoms with E-state index in [4.69, 9.17) is 22.7 Å². The molecule has 0 atom stereocenters. The van der Waals surface area contributed by atoms with Crippen LogP contribution >= 0.6 is 12.2 Å². The van der Waals surface area contributed by atoms with Crippen LogP contribution in [-0.2, 0) is 6.18 Å². The predicted molar refractivity (Wildman–Crippen MR) is 81.6 cm³/mol. The van der Waals surface area contributed by atoms with Gasteiger partial charge in [0.2, 0.25) is 0 Å². The molecule has 0 saturated carbocycles. The van der Waals surface area contributed by atoms with Crippen LogP contribution in [0.4, 0.5) is 13.2 Å². The summed E-state index contributed by atoms with van der Waals surface area (Å²) < 4.78 is 44.3. The van der Waals surface area contributed by atoms with Crippen molar-refractivity contribution in [1.82, 2.24) is 0 Å². The van der Waals surface area contributed by atoms with Crippen molar-refractivity contribution in [2.45, 2.75) is 45.2 Å². The van der Waals surface area contributed by atoms with E-state index in [1.807, 2.05) is 0 Å². The van der Waals surface area contributed by atoms with Crippen LogP contribution in [0.15, 0.2) is 18.2 Å². The smallest absolute Gasteiger partial charge is 0.419 e. The number of halogens is 3. The van der Waals surface area contributed by atoms with Crippen molar-refractivity contribution >= 4 is 17.2 Å². The highest BCUT2D eigenvalue weighted by atomic mass is 32.1. The lowest BCUT2D eigenvalue weighted by molar-refractivity contribution is -0.139. The second kappa shape index (κ2) is 8.22. The normalized spacial score (nSPS) is 11.4. The predicted octanol–water partition coefficient (Wildman–Crippen LogP) is 4.69. The zero-order valence-electron chi connectivity index (χ0n) is 12.0. The van der Waals surface area contributed by atoms with Gasteiger partial charge in [-0.05, 0) is 24.6 Å². The highest BCUT2D eigenvalue weighted by Crippen LogP contribution is 2.37. The first kappa shape index (κ1) is 17.8. The molecule has 2 N–H and O–H groups in total. The van der Waals surface area contributed by atoms with Crippen molar-refractivity contribution in [2.24, 2.45) is 5.73 Å². The molecule has 118 valence electrons. The Bertz CT molecular complexity index is 474. The molecule has 6 heteroatoms. The second-order valence-corrected chi connectivity index (χ2v) is 5.28. The van der Waals surface area contributed by atoms with Crippen molar-refractivity contribution in [3.63, 3.8) is 0 Å². The zero-order valence-corrected chi connectivity index (χ0v) is 12.8. The van der Waals surface area contributed by atoms with E-state index in [2.05, 4.69) is 6.92 Å². The van der Waals surface area contributed by atoms with Gasteiger partial charge in [-0.25, -0.2) is 0 Å². The van der Waals surface area contributed by atoms with Crippen LogP contribution in [0, 0.1) is 0 Å². The molecule has 0 fully saturated rings. The maximum absolute atomic E-state index is 13.0. The highest BCUT2D eigenvalue weighted by molar-refractivity contribution is 7.80. The van der Waals surface area contributed by atoms with Gasteiger partial charge < -0.3 is 10.5 Å². The van der Waals surface area contributed by atoms with E-state index in [0.29, 0.717) is 0 Å². The van der Waals surface area contributed by atoms with Crippen LogP contribution in [0.5, 0.6) is 5.75 Å². The number of thiocarbonyl (C=S) groups is 1. The fraction of sp³-hybridized carbons (Fsp3) is 0.533. The molecule has 0 radical (unpaired) electrons. The molecule has 0 amide bonds. The molecule has 1 aromatic carbocycles. The summed E-state index contributed by atoms with van der Waals surface area (Å²) in [6.45, 7) is 2.38. The molecule has 0 aromatic heterocycles. The summed E-state index contributed by atoms with van der Waals surface area (Å²) in [5, 5.41) is 0. The van der Waals surface area contributed by atoms with Crippen molar-refractivity contribution in [3.8, 4) is 5.75 Å². The molecule has 0 aliphatic heterocycles. The van der Waals surface area contributed by atoms with E-state index >= 15 is 0 Å². The summed E-state index contributed by atoms with van der Waals surface area (Å²) >= 11 is 4.70. The van der Waals surface area contributed by atoms with E-state index in [-0.39, 0.29) is 22.9 Å². The first-order valence-corrected chi connectivity index (χ1v) is 7.41. The molecule has 1 rings (SSSR count). The van der Waals surface area contributed by atoms with E-state index in [1.54, 1.807) is 0 Å². The third-order valence-corrected chi connectivity index (χ3v) is 3.31. The van der Waals surface area contributed by atoms with Gasteiger partial charge in [0.15, 0.2) is 0 Å². The van der Waals surface area contributed by atoms with Crippen LogP contribution < -0.4 is 10.5 Å². The van der Waals surface area contributed by atoms with Gasteiger partial charge in [0.05, 0.1) is 12.2 Å². The summed E-state index contributed by atoms with van der Waals surface area (Å²) in [6.07, 6.45) is 0.551. The van der Waals surface area contributed by atoms with Crippen molar-refractivity contribution < 1.29 is 17.9 Å². The number of hydrogen-bond acceptors (Lipinski definition) is 2. The lowest BCUT2D eigenvalue weighted by Gasteiger charge is -2.15. The standard InChI is InChI=1S/C15H20F3NOS/c1-2-3-4-5-6-9-20-13-8-7-11(14(19)21)10-12(13)15(16,17)18/h7-8,10H,2-6,9H2,1H3,(H2,19,21). The minimum atomic E-state index is -4.49. The van der Waals surface area contributed by atoms with E-state index in [9.17, 15) is 13.2 Å². The lowest BCUT2D eigenvalue weighted by atomic mass is 10.1. The Morgan fingerprint density at radius 1 is 1.19 bits per heavy atom. The zero-order chi connectivity index (χ0) is 15.9. The third-order valence-electron chi connectivity index (χ3n) is 3.07. The van der Waals surface area contributed by atoms with Crippen LogP contribution in [0.3, 0.4) is 0 Å². The Kier molecular flexibility index (Phi) is 6.95. The lowest BCUT2D eigenvalue weighted by Crippen LogP contribution is -2.14. The maximum atomic E-state index is 13.0. The van der Waals surface area contributed by atoms with Crippen molar-refractivity contribution in [3.05, 3.63) is 29.3 Å². The average molecular weight is 319 g/mol. The number of ether oxygens (including phenoxy) is 1. The first-order valence-electron chi connectivity index (χ1n) is 7.00. The minimum absolute atomic E-state index is 0.0633. The van der Waals surface area contributed by atoms with Crippen LogP contribution in [0.1, 0.15) is 50.2 Å². The first-order chi connectivity index (χ1) is 9.86. The summed E-state index contributed by atoms with van der Waals surface area (Å²) in [5.41, 5.74) is 4.72. The summed E-state index contributed by atoms with van der Waals surface area (Å²) in [7, 11) is 0. The quantitative estimate of drug-likeness (QED) is 0.558. The monoisotopic (exact) mass is 319 g/mol. The van der Waals surface area contributed by atoms with Gasteiger partial charge in [-0.1, -0.05) is 44.8 Å². The largest absolute Gasteiger partial charge is 0.493 e. The van der Waals surface area contributed by atoms with E-state index in [1.165, 1.54) is 12.1 Å². The minimum Gasteiger partial charge on any atom is -0.493 e. The van der Waals surface area contributed by atoms with Crippen LogP contribution in [0.25, 0.3) is 0 Å². The number of hydrogen-bond donors (Lipinski definition) is 1. The molecule has 0 aliphatic rings. The molecule has 0 unspecified atom stereocenters. The summed E-state index contributed by atoms with van der Waals surface area (Å²) in [4.78, 5) is -0.0633. The Labute approximate surface area is 128 Å². The number of rotatable bonds is 8. The maximum Gasteiger partial charge on any atom is 0.419 e. The highest BCUT2D eigenvalue weighted by Gasteiger charge is 2.34. The number of alkyl halides is 3. The molecule has 0 spiro atoms. The van der Waals surface area contributed by atoms with Crippen molar-refractivity contribution in [2.75, 3.05) is 6.61 Å². The van der Waals surface area contributed by atoms with Gasteiger partial charge in [-0.3, -0.25) is 0 Å². The van der Waals surface area contributed by atoms with Gasteiger partial charge in [-0.15, -0.1) is 0 Å². The topological polar surface area (TPSA) is 35.2 Å². The molecule has 0 heterocycles. The molecule has 2 nitrogen and oxygen atoms in total. The summed E-state index contributed by atoms with van der Waals surface area (Å²) in [5.74, 6) is -0.169. The van der Waals surface area contributed by atoms with Crippen LogP contribution in [-0.4, -0.2) is 11.6 Å². The van der Waals surface area contributed by atoms with Gasteiger partial charge in [0, 0.05) is 5.56 Å². The molecular weight excluding hydrogens is 299 g/mol. The molecule has 0 aliphatic carbocycles. The van der Waals surface area contributed by atoms with Crippen molar-refractivity contribution in [1.29, 1.82) is 0 Å². The fourth-order valence-electron chi connectivity index (χ4n) is 1.92. The van der Waals surface area contributed by atoms with Gasteiger partial charge in [-0.2, -0.15) is 13.2 Å². The Morgan fingerprint density at radius 2 is 1.86 bits per heavy atom. The molecule has 1 aromatic rings. The Balaban J connectivity index is 2.70. The van der Waals surface area contributed by atoms with E-state index < -0.39 is 11.7 Å². The average Bonchev–Trinajstić information content (AvgIpc) is 2.41. The molecule has 0 saturated heterocycles. The Morgan fingerprint density at radius 3 is 2.43 bits per heavy atom. The SMILES string of the molecule is CCCCCCCOc1ccc(C(N)=S)cc1C(F)(F)F. The Hall–Kier alpha value is -1.30. The fourth-order valence-corrected chi connectivity index (χ4v) is 2.05. The number of nitrogens with two attached hydrogens (primary N) is 1. The molecule has 0 bridgehead atoms. The van der Waals surface area contributed by atoms with Gasteiger partial charge >= 0.3 is 6.18 Å². The number of unbranched alkanes of at least 4 members (excludes halogenated alkanes) is 4.